The van der Waals surface area contributed by atoms with Crippen molar-refractivity contribution in [3.8, 4) is 0 Å². The second kappa shape index (κ2) is 10.1. The summed E-state index contributed by atoms with van der Waals surface area (Å²) in [5.41, 5.74) is 0. The fourth-order valence-electron chi connectivity index (χ4n) is 3.16. The van der Waals surface area contributed by atoms with E-state index >= 15 is 0 Å². The van der Waals surface area contributed by atoms with E-state index in [1.807, 2.05) is 0 Å². The zero-order valence-corrected chi connectivity index (χ0v) is 19.1. The minimum Gasteiger partial charge on any atom is -0.452 e. The quantitative estimate of drug-likeness (QED) is 0.522. The van der Waals surface area contributed by atoms with Gasteiger partial charge in [0.15, 0.2) is 15.9 Å². The van der Waals surface area contributed by atoms with Gasteiger partial charge in [-0.2, -0.15) is 0 Å². The molecule has 9 nitrogen and oxygen atoms in total. The van der Waals surface area contributed by atoms with Gasteiger partial charge in [0.1, 0.15) is 0 Å². The Bertz CT molecular complexity index is 996. The predicted octanol–water partition coefficient (Wildman–Crippen LogP) is 0.976. The molecule has 1 aromatic carbocycles. The largest absolute Gasteiger partial charge is 0.452 e. The van der Waals surface area contributed by atoms with E-state index in [2.05, 4.69) is 4.72 Å². The summed E-state index contributed by atoms with van der Waals surface area (Å²) >= 11 is 5.79. The summed E-state index contributed by atoms with van der Waals surface area (Å²) in [7, 11) is -7.00. The number of carbonyl (C=O) groups excluding carboxylic acids is 2. The molecule has 1 aliphatic heterocycles. The fraction of sp³-hybridized carbons (Fsp3) is 0.556. The molecule has 0 saturated carbocycles. The molecule has 1 heterocycles. The number of likely N-dealkylation sites (N-methyl/N-ethyl adjacent to an activating group) is 1. The van der Waals surface area contributed by atoms with Crippen molar-refractivity contribution < 1.29 is 31.2 Å². The molecule has 0 aliphatic carbocycles. The van der Waals surface area contributed by atoms with Gasteiger partial charge in [0.2, 0.25) is 10.0 Å². The van der Waals surface area contributed by atoms with Crippen LogP contribution in [-0.4, -0.2) is 70.4 Å². The molecule has 1 fully saturated rings. The number of carbonyl (C=O) groups is 2. The molecule has 30 heavy (non-hydrogen) atoms. The lowest BCUT2D eigenvalue weighted by atomic mass is 10.2. The molecule has 2 unspecified atom stereocenters. The monoisotopic (exact) mass is 480 g/mol. The van der Waals surface area contributed by atoms with Crippen LogP contribution in [0, 0.1) is 0 Å². The smallest absolute Gasteiger partial charge is 0.307 e. The second-order valence-corrected chi connectivity index (χ2v) is 11.4. The number of benzene rings is 1. The van der Waals surface area contributed by atoms with Gasteiger partial charge in [0, 0.05) is 24.2 Å². The average molecular weight is 481 g/mol. The van der Waals surface area contributed by atoms with Gasteiger partial charge in [-0.1, -0.05) is 17.7 Å². The average Bonchev–Trinajstić information content (AvgIpc) is 3.01. The van der Waals surface area contributed by atoms with E-state index in [0.717, 1.165) is 0 Å². The first-order valence-electron chi connectivity index (χ1n) is 9.41. The number of ether oxygens (including phenoxy) is 1. The van der Waals surface area contributed by atoms with E-state index in [1.165, 1.54) is 36.1 Å². The van der Waals surface area contributed by atoms with Gasteiger partial charge < -0.3 is 9.64 Å². The van der Waals surface area contributed by atoms with Crippen molar-refractivity contribution in [1.82, 2.24) is 9.62 Å². The lowest BCUT2D eigenvalue weighted by molar-refractivity contribution is -0.159. The lowest BCUT2D eigenvalue weighted by Gasteiger charge is -2.29. The van der Waals surface area contributed by atoms with E-state index < -0.39 is 43.9 Å². The Morgan fingerprint density at radius 3 is 2.63 bits per heavy atom. The second-order valence-electron chi connectivity index (χ2n) is 6.92. The minimum atomic E-state index is -3.84. The number of amides is 1. The van der Waals surface area contributed by atoms with E-state index in [9.17, 15) is 26.4 Å². The predicted molar refractivity (Wildman–Crippen MR) is 111 cm³/mol. The third-order valence-electron chi connectivity index (χ3n) is 4.66. The molecule has 0 bridgehead atoms. The van der Waals surface area contributed by atoms with E-state index in [4.69, 9.17) is 16.3 Å². The van der Waals surface area contributed by atoms with Crippen molar-refractivity contribution in [1.29, 1.82) is 0 Å². The molecule has 1 aliphatic rings. The minimum absolute atomic E-state index is 0.0301. The summed E-state index contributed by atoms with van der Waals surface area (Å²) in [6.07, 6.45) is -1.03. The molecule has 1 aromatic rings. The van der Waals surface area contributed by atoms with Crippen molar-refractivity contribution in [2.75, 3.05) is 24.6 Å². The Labute approximate surface area is 181 Å². The highest BCUT2D eigenvalue weighted by Gasteiger charge is 2.36. The summed E-state index contributed by atoms with van der Waals surface area (Å²) in [5.74, 6) is -1.30. The topological polar surface area (TPSA) is 127 Å². The highest BCUT2D eigenvalue weighted by molar-refractivity contribution is 7.91. The molecule has 1 saturated heterocycles. The van der Waals surface area contributed by atoms with Gasteiger partial charge in [0.25, 0.3) is 5.91 Å². The lowest BCUT2D eigenvalue weighted by Crippen LogP contribution is -2.46. The number of nitrogens with one attached hydrogen (secondary N) is 1. The molecule has 0 radical (unpaired) electrons. The zero-order valence-electron chi connectivity index (χ0n) is 16.7. The van der Waals surface area contributed by atoms with Crippen LogP contribution in [0.3, 0.4) is 0 Å². The SMILES string of the molecule is CCN(C(=O)C(C)OC(=O)CCNS(=O)(=O)c1cccc(Cl)c1)C1CCS(=O)(=O)C1. The van der Waals surface area contributed by atoms with Crippen molar-refractivity contribution in [2.24, 2.45) is 0 Å². The highest BCUT2D eigenvalue weighted by Crippen LogP contribution is 2.19. The summed E-state index contributed by atoms with van der Waals surface area (Å²) < 4.78 is 55.1. The number of esters is 1. The standard InChI is InChI=1S/C18H25ClN2O7S2/c1-3-21(15-8-10-29(24,25)12-15)18(23)13(2)28-17(22)7-9-20-30(26,27)16-6-4-5-14(19)11-16/h4-6,11,13,15,20H,3,7-10,12H2,1-2H3. The van der Waals surface area contributed by atoms with Crippen LogP contribution in [0.15, 0.2) is 29.2 Å². The van der Waals surface area contributed by atoms with E-state index in [-0.39, 0.29) is 34.4 Å². The number of sulfonamides is 1. The molecule has 12 heteroatoms. The van der Waals surface area contributed by atoms with E-state index in [1.54, 1.807) is 6.92 Å². The van der Waals surface area contributed by atoms with Gasteiger partial charge in [0.05, 0.1) is 22.8 Å². The van der Waals surface area contributed by atoms with Gasteiger partial charge in [-0.25, -0.2) is 21.6 Å². The summed E-state index contributed by atoms with van der Waals surface area (Å²) in [6, 6.07) is 5.25. The molecular weight excluding hydrogens is 456 g/mol. The highest BCUT2D eigenvalue weighted by atomic mass is 35.5. The van der Waals surface area contributed by atoms with Crippen molar-refractivity contribution >= 4 is 43.3 Å². The summed E-state index contributed by atoms with van der Waals surface area (Å²) in [5, 5.41) is 0.264. The van der Waals surface area contributed by atoms with Crippen molar-refractivity contribution in [3.05, 3.63) is 29.3 Å². The normalized spacial score (nSPS) is 19.2. The maximum Gasteiger partial charge on any atom is 0.307 e. The Kier molecular flexibility index (Phi) is 8.26. The van der Waals surface area contributed by atoms with Gasteiger partial charge >= 0.3 is 5.97 Å². The Morgan fingerprint density at radius 1 is 1.37 bits per heavy atom. The maximum atomic E-state index is 12.6. The molecule has 2 atom stereocenters. The first kappa shape index (κ1) is 24.6. The van der Waals surface area contributed by atoms with Crippen LogP contribution in [0.1, 0.15) is 26.7 Å². The number of rotatable bonds is 9. The number of sulfone groups is 1. The van der Waals surface area contributed by atoms with Gasteiger partial charge in [-0.3, -0.25) is 9.59 Å². The van der Waals surface area contributed by atoms with Gasteiger partial charge in [-0.15, -0.1) is 0 Å². The summed E-state index contributed by atoms with van der Waals surface area (Å²) in [4.78, 5) is 26.0. The maximum absolute atomic E-state index is 12.6. The Hall–Kier alpha value is -1.69. The molecule has 2 rings (SSSR count). The summed E-state index contributed by atoms with van der Waals surface area (Å²) in [6.45, 7) is 3.21. The van der Waals surface area contributed by atoms with Crippen LogP contribution in [0.4, 0.5) is 0 Å². The Morgan fingerprint density at radius 2 is 2.07 bits per heavy atom. The Balaban J connectivity index is 1.85. The molecule has 1 N–H and O–H groups in total. The number of halogens is 1. The van der Waals surface area contributed by atoms with Gasteiger partial charge in [-0.05, 0) is 38.5 Å². The first-order valence-corrected chi connectivity index (χ1v) is 13.1. The third kappa shape index (κ3) is 6.66. The van der Waals surface area contributed by atoms with Crippen LogP contribution >= 0.6 is 11.6 Å². The molecule has 0 spiro atoms. The van der Waals surface area contributed by atoms with Crippen LogP contribution in [0.2, 0.25) is 5.02 Å². The van der Waals surface area contributed by atoms with E-state index in [0.29, 0.717) is 13.0 Å². The van der Waals surface area contributed by atoms with Crippen LogP contribution in [0.25, 0.3) is 0 Å². The van der Waals surface area contributed by atoms with Crippen LogP contribution < -0.4 is 4.72 Å². The first-order chi connectivity index (χ1) is 13.9. The molecule has 168 valence electrons. The molecule has 0 aromatic heterocycles. The van der Waals surface area contributed by atoms with Crippen molar-refractivity contribution in [2.45, 2.75) is 43.7 Å². The number of hydrogen-bond donors (Lipinski definition) is 1. The number of nitrogens with zero attached hydrogens (tertiary/aromatic N) is 1. The fourth-order valence-corrected chi connectivity index (χ4v) is 6.22. The van der Waals surface area contributed by atoms with Crippen LogP contribution in [0.5, 0.6) is 0 Å². The van der Waals surface area contributed by atoms with Crippen molar-refractivity contribution in [3.63, 3.8) is 0 Å². The number of hydrogen-bond acceptors (Lipinski definition) is 7. The van der Waals surface area contributed by atoms with Crippen LogP contribution in [-0.2, 0) is 34.2 Å². The third-order valence-corrected chi connectivity index (χ3v) is 8.10. The molecular formula is C18H25ClN2O7S2. The zero-order chi connectivity index (χ0) is 22.5. The molecule has 1 amide bonds.